The number of carbonyl (C=O) groups is 2. The van der Waals surface area contributed by atoms with E-state index in [9.17, 15) is 13.8 Å². The molecule has 2 rings (SSSR count). The maximum Gasteiger partial charge on any atom is 0.313 e. The minimum atomic E-state index is -1.14. The largest absolute Gasteiger partial charge is 0.347 e. The third-order valence-electron chi connectivity index (χ3n) is 3.41. The predicted octanol–water partition coefficient (Wildman–Crippen LogP) is 2.03. The van der Waals surface area contributed by atoms with Crippen molar-refractivity contribution in [2.75, 3.05) is 18.1 Å². The summed E-state index contributed by atoms with van der Waals surface area (Å²) in [7, 11) is -1.14. The fraction of sp³-hybridized carbons (Fsp3) is 0.222. The summed E-state index contributed by atoms with van der Waals surface area (Å²) in [5.41, 5.74) is 2.71. The molecule has 1 atom stereocenters. The predicted molar refractivity (Wildman–Crippen MR) is 95.3 cm³/mol. The van der Waals surface area contributed by atoms with Crippen molar-refractivity contribution in [3.05, 3.63) is 59.7 Å². The summed E-state index contributed by atoms with van der Waals surface area (Å²) in [6, 6.07) is 14.6. The van der Waals surface area contributed by atoms with Crippen LogP contribution in [-0.4, -0.2) is 28.8 Å². The van der Waals surface area contributed by atoms with Crippen molar-refractivity contribution in [3.8, 4) is 0 Å². The number of carbonyl (C=O) groups excluding carboxylic acids is 2. The van der Waals surface area contributed by atoms with Gasteiger partial charge in [-0.2, -0.15) is 0 Å². The van der Waals surface area contributed by atoms with E-state index in [0.29, 0.717) is 23.5 Å². The zero-order chi connectivity index (χ0) is 17.5. The molecule has 0 saturated carbocycles. The molecule has 2 amide bonds. The van der Waals surface area contributed by atoms with Crippen LogP contribution in [0, 0.1) is 6.92 Å². The van der Waals surface area contributed by atoms with Crippen LogP contribution in [-0.2, 0) is 26.8 Å². The lowest BCUT2D eigenvalue weighted by Gasteiger charge is -2.08. The average Bonchev–Trinajstić information content (AvgIpc) is 2.55. The molecule has 0 bridgehead atoms. The quantitative estimate of drug-likeness (QED) is 0.815. The molecule has 2 N–H and O–H groups in total. The number of anilines is 1. The van der Waals surface area contributed by atoms with Gasteiger partial charge in [0.15, 0.2) is 0 Å². The second-order valence-electron chi connectivity index (χ2n) is 5.43. The average molecular weight is 344 g/mol. The van der Waals surface area contributed by atoms with Crippen molar-refractivity contribution >= 4 is 28.3 Å². The van der Waals surface area contributed by atoms with Crippen molar-refractivity contribution in [3.63, 3.8) is 0 Å². The number of hydrogen-bond donors (Lipinski definition) is 2. The molecular weight excluding hydrogens is 324 g/mol. The molecule has 0 aliphatic rings. The van der Waals surface area contributed by atoms with Crippen molar-refractivity contribution in [2.45, 2.75) is 18.2 Å². The molecular formula is C18H20N2O3S. The Labute approximate surface area is 143 Å². The fourth-order valence-electron chi connectivity index (χ4n) is 2.21. The van der Waals surface area contributed by atoms with Gasteiger partial charge in [-0.3, -0.25) is 13.8 Å². The monoisotopic (exact) mass is 344 g/mol. The highest BCUT2D eigenvalue weighted by molar-refractivity contribution is 7.84. The van der Waals surface area contributed by atoms with Gasteiger partial charge in [-0.1, -0.05) is 35.9 Å². The van der Waals surface area contributed by atoms with Gasteiger partial charge in [0, 0.05) is 34.2 Å². The van der Waals surface area contributed by atoms with Crippen LogP contribution in [0.2, 0.25) is 0 Å². The molecule has 0 aliphatic heterocycles. The molecule has 0 spiro atoms. The van der Waals surface area contributed by atoms with Crippen molar-refractivity contribution in [1.29, 1.82) is 0 Å². The van der Waals surface area contributed by atoms with Gasteiger partial charge in [-0.05, 0) is 37.1 Å². The number of nitrogens with one attached hydrogen (secondary N) is 2. The smallest absolute Gasteiger partial charge is 0.313 e. The molecule has 0 saturated heterocycles. The Balaban J connectivity index is 1.85. The Morgan fingerprint density at radius 3 is 2.50 bits per heavy atom. The molecule has 2 aromatic rings. The summed E-state index contributed by atoms with van der Waals surface area (Å²) in [5, 5.41) is 5.11. The van der Waals surface area contributed by atoms with Gasteiger partial charge in [0.1, 0.15) is 0 Å². The van der Waals surface area contributed by atoms with E-state index in [4.69, 9.17) is 0 Å². The van der Waals surface area contributed by atoms with Gasteiger partial charge >= 0.3 is 11.8 Å². The van der Waals surface area contributed by atoms with Crippen LogP contribution in [0.15, 0.2) is 53.4 Å². The normalized spacial score (nSPS) is 11.6. The van der Waals surface area contributed by atoms with Gasteiger partial charge in [0.2, 0.25) is 0 Å². The van der Waals surface area contributed by atoms with Gasteiger partial charge in [0.05, 0.1) is 0 Å². The molecule has 0 aliphatic carbocycles. The summed E-state index contributed by atoms with van der Waals surface area (Å²) >= 11 is 0. The van der Waals surface area contributed by atoms with Crippen LogP contribution in [0.4, 0.5) is 5.69 Å². The Hall–Kier alpha value is -2.47. The van der Waals surface area contributed by atoms with E-state index in [1.54, 1.807) is 30.5 Å². The molecule has 24 heavy (non-hydrogen) atoms. The second kappa shape index (κ2) is 8.40. The Kier molecular flexibility index (Phi) is 6.26. The van der Waals surface area contributed by atoms with E-state index in [0.717, 1.165) is 11.1 Å². The highest BCUT2D eigenvalue weighted by Crippen LogP contribution is 2.13. The topological polar surface area (TPSA) is 75.3 Å². The van der Waals surface area contributed by atoms with E-state index >= 15 is 0 Å². The standard InChI is InChI=1S/C18H20N2O3S/c1-13-5-3-6-14(11-13)9-10-19-17(21)18(22)20-15-7-4-8-16(12-15)24(2)23/h3-8,11-12H,9-10H2,1-2H3,(H,19,21)(H,20,22)/t24-/m1/s1. The van der Waals surface area contributed by atoms with E-state index in [-0.39, 0.29) is 0 Å². The summed E-state index contributed by atoms with van der Waals surface area (Å²) in [6.45, 7) is 2.39. The SMILES string of the molecule is Cc1cccc(CCNC(=O)C(=O)Nc2cccc([S@@](C)=O)c2)c1. The summed E-state index contributed by atoms with van der Waals surface area (Å²) in [6.07, 6.45) is 2.21. The highest BCUT2D eigenvalue weighted by atomic mass is 32.2. The fourth-order valence-corrected chi connectivity index (χ4v) is 2.77. The van der Waals surface area contributed by atoms with E-state index < -0.39 is 22.6 Å². The Bertz CT molecular complexity index is 774. The maximum atomic E-state index is 11.9. The first-order chi connectivity index (χ1) is 11.5. The van der Waals surface area contributed by atoms with Gasteiger partial charge < -0.3 is 10.6 Å². The van der Waals surface area contributed by atoms with Crippen molar-refractivity contribution in [2.24, 2.45) is 0 Å². The van der Waals surface area contributed by atoms with E-state index in [2.05, 4.69) is 10.6 Å². The van der Waals surface area contributed by atoms with Gasteiger partial charge in [0.25, 0.3) is 0 Å². The lowest BCUT2D eigenvalue weighted by molar-refractivity contribution is -0.136. The number of hydrogen-bond acceptors (Lipinski definition) is 3. The van der Waals surface area contributed by atoms with Crippen LogP contribution in [0.3, 0.4) is 0 Å². The molecule has 0 unspecified atom stereocenters. The zero-order valence-electron chi connectivity index (χ0n) is 13.7. The first-order valence-electron chi connectivity index (χ1n) is 7.54. The lowest BCUT2D eigenvalue weighted by Crippen LogP contribution is -2.36. The van der Waals surface area contributed by atoms with Crippen LogP contribution in [0.5, 0.6) is 0 Å². The third kappa shape index (κ3) is 5.31. The van der Waals surface area contributed by atoms with Gasteiger partial charge in [-0.15, -0.1) is 0 Å². The second-order valence-corrected chi connectivity index (χ2v) is 6.81. The molecule has 5 nitrogen and oxygen atoms in total. The summed E-state index contributed by atoms with van der Waals surface area (Å²) in [4.78, 5) is 24.3. The highest BCUT2D eigenvalue weighted by Gasteiger charge is 2.13. The van der Waals surface area contributed by atoms with Crippen LogP contribution in [0.1, 0.15) is 11.1 Å². The minimum absolute atomic E-state index is 0.384. The molecule has 0 radical (unpaired) electrons. The Morgan fingerprint density at radius 2 is 1.79 bits per heavy atom. The van der Waals surface area contributed by atoms with Crippen molar-refractivity contribution in [1.82, 2.24) is 5.32 Å². The van der Waals surface area contributed by atoms with E-state index in [1.807, 2.05) is 31.2 Å². The number of benzene rings is 2. The number of rotatable bonds is 5. The Morgan fingerprint density at radius 1 is 1.04 bits per heavy atom. The van der Waals surface area contributed by atoms with Crippen LogP contribution < -0.4 is 10.6 Å². The summed E-state index contributed by atoms with van der Waals surface area (Å²) < 4.78 is 11.4. The van der Waals surface area contributed by atoms with Crippen LogP contribution in [0.25, 0.3) is 0 Å². The first-order valence-corrected chi connectivity index (χ1v) is 9.10. The molecule has 0 heterocycles. The number of amides is 2. The lowest BCUT2D eigenvalue weighted by atomic mass is 10.1. The minimum Gasteiger partial charge on any atom is -0.347 e. The maximum absolute atomic E-state index is 11.9. The van der Waals surface area contributed by atoms with E-state index in [1.165, 1.54) is 0 Å². The first kappa shape index (κ1) is 17.9. The molecule has 126 valence electrons. The summed E-state index contributed by atoms with van der Waals surface area (Å²) in [5.74, 6) is -1.43. The van der Waals surface area contributed by atoms with Crippen molar-refractivity contribution < 1.29 is 13.8 Å². The van der Waals surface area contributed by atoms with Gasteiger partial charge in [-0.25, -0.2) is 0 Å². The zero-order valence-corrected chi connectivity index (χ0v) is 14.5. The van der Waals surface area contributed by atoms with Crippen LogP contribution >= 0.6 is 0 Å². The number of aryl methyl sites for hydroxylation is 1. The molecule has 6 heteroatoms. The molecule has 0 fully saturated rings. The molecule has 2 aromatic carbocycles. The molecule has 0 aromatic heterocycles. The third-order valence-corrected chi connectivity index (χ3v) is 4.33.